The maximum atomic E-state index is 13.5. The molecule has 6 nitrogen and oxygen atoms in total. The van der Waals surface area contributed by atoms with Gasteiger partial charge in [-0.05, 0) is 42.8 Å². The lowest BCUT2D eigenvalue weighted by molar-refractivity contribution is 0.132. The van der Waals surface area contributed by atoms with Gasteiger partial charge in [0, 0.05) is 35.9 Å². The van der Waals surface area contributed by atoms with Gasteiger partial charge in [0.15, 0.2) is 5.52 Å². The fraction of sp³-hybridized carbons (Fsp3) is 0.167. The predicted molar refractivity (Wildman–Crippen MR) is 117 cm³/mol. The molecule has 0 aliphatic rings. The van der Waals surface area contributed by atoms with Gasteiger partial charge in [-0.1, -0.05) is 18.2 Å². The second-order valence-corrected chi connectivity index (χ2v) is 7.46. The first kappa shape index (κ1) is 20.9. The number of rotatable bonds is 7. The summed E-state index contributed by atoms with van der Waals surface area (Å²) >= 11 is 0. The smallest absolute Gasteiger partial charge is 0.251 e. The summed E-state index contributed by atoms with van der Waals surface area (Å²) in [7, 11) is 0. The fourth-order valence-corrected chi connectivity index (χ4v) is 3.59. The number of fused-ring (bicyclic) bond motifs is 1. The van der Waals surface area contributed by atoms with Gasteiger partial charge in [-0.25, -0.2) is 23.1 Å². The molecule has 33 heavy (non-hydrogen) atoms. The highest BCUT2D eigenvalue weighted by molar-refractivity contribution is 5.92. The maximum Gasteiger partial charge on any atom is 0.251 e. The molecule has 5 rings (SSSR count). The normalized spacial score (nSPS) is 11.5. The van der Waals surface area contributed by atoms with Crippen LogP contribution >= 0.6 is 0 Å². The number of benzene rings is 2. The average Bonchev–Trinajstić information content (AvgIpc) is 3.44. The number of alkyl halides is 2. The highest BCUT2D eigenvalue weighted by Crippen LogP contribution is 2.35. The summed E-state index contributed by atoms with van der Waals surface area (Å²) in [4.78, 5) is 13.2. The molecule has 3 heterocycles. The molecule has 0 amide bonds. The van der Waals surface area contributed by atoms with Gasteiger partial charge in [-0.15, -0.1) is 0 Å². The van der Waals surface area contributed by atoms with Crippen LogP contribution in [0.5, 0.6) is 0 Å². The standard InChI is InChI=1S/C24H18F3N5O/c25-17-10-8-15(9-11-17)20-18(13-32(31-20)12-4-7-19(26)27)21-22-24(29-14-28-21)33-23(30-22)16-5-2-1-3-6-16/h1-3,5-6,8-11,13-14,19H,4,7,12H2. The Kier molecular flexibility index (Phi) is 5.60. The second kappa shape index (κ2) is 8.85. The van der Waals surface area contributed by atoms with Crippen LogP contribution in [0.1, 0.15) is 12.8 Å². The van der Waals surface area contributed by atoms with Gasteiger partial charge < -0.3 is 4.42 Å². The van der Waals surface area contributed by atoms with Crippen molar-refractivity contribution in [3.05, 3.63) is 72.9 Å². The molecule has 0 aliphatic heterocycles. The van der Waals surface area contributed by atoms with Crippen molar-refractivity contribution in [1.29, 1.82) is 0 Å². The molecule has 2 aromatic carbocycles. The Morgan fingerprint density at radius 2 is 1.70 bits per heavy atom. The van der Waals surface area contributed by atoms with E-state index < -0.39 is 6.43 Å². The van der Waals surface area contributed by atoms with Crippen molar-refractivity contribution in [1.82, 2.24) is 24.7 Å². The molecule has 0 saturated carbocycles. The van der Waals surface area contributed by atoms with Gasteiger partial charge in [0.1, 0.15) is 23.5 Å². The van der Waals surface area contributed by atoms with Crippen LogP contribution in [0.2, 0.25) is 0 Å². The van der Waals surface area contributed by atoms with E-state index in [4.69, 9.17) is 4.42 Å². The van der Waals surface area contributed by atoms with Crippen LogP contribution in [0.25, 0.3) is 45.2 Å². The number of nitrogens with zero attached hydrogens (tertiary/aromatic N) is 5. The minimum absolute atomic E-state index is 0.220. The molecule has 0 spiro atoms. The number of aryl methyl sites for hydroxylation is 1. The Balaban J connectivity index is 1.62. The zero-order valence-electron chi connectivity index (χ0n) is 17.3. The van der Waals surface area contributed by atoms with E-state index >= 15 is 0 Å². The summed E-state index contributed by atoms with van der Waals surface area (Å²) in [5.74, 6) is 0.0325. The predicted octanol–water partition coefficient (Wildman–Crippen LogP) is 6.00. The summed E-state index contributed by atoms with van der Waals surface area (Å²) in [5.41, 5.74) is 3.88. The quantitative estimate of drug-likeness (QED) is 0.305. The Morgan fingerprint density at radius 3 is 2.45 bits per heavy atom. The molecule has 5 aromatic rings. The summed E-state index contributed by atoms with van der Waals surface area (Å²) in [5, 5.41) is 4.59. The Labute approximate surface area is 186 Å². The fourth-order valence-electron chi connectivity index (χ4n) is 3.59. The average molecular weight is 449 g/mol. The molecule has 166 valence electrons. The first-order chi connectivity index (χ1) is 16.1. The van der Waals surface area contributed by atoms with E-state index in [-0.39, 0.29) is 18.7 Å². The minimum atomic E-state index is -2.37. The molecular formula is C24H18F3N5O. The van der Waals surface area contributed by atoms with Gasteiger partial charge in [0.2, 0.25) is 12.3 Å². The van der Waals surface area contributed by atoms with E-state index in [9.17, 15) is 13.2 Å². The van der Waals surface area contributed by atoms with Gasteiger partial charge in [0.25, 0.3) is 5.71 Å². The topological polar surface area (TPSA) is 69.6 Å². The third-order valence-corrected chi connectivity index (χ3v) is 5.16. The van der Waals surface area contributed by atoms with Crippen molar-refractivity contribution in [3.63, 3.8) is 0 Å². The van der Waals surface area contributed by atoms with E-state index in [1.165, 1.54) is 18.5 Å². The summed E-state index contributed by atoms with van der Waals surface area (Å²) in [6, 6.07) is 15.3. The Hall–Kier alpha value is -4.01. The highest BCUT2D eigenvalue weighted by Gasteiger charge is 2.21. The van der Waals surface area contributed by atoms with E-state index in [0.717, 1.165) is 5.56 Å². The lowest BCUT2D eigenvalue weighted by atomic mass is 10.1. The minimum Gasteiger partial charge on any atom is -0.418 e. The number of halogens is 3. The summed E-state index contributed by atoms with van der Waals surface area (Å²) < 4.78 is 46.2. The maximum absolute atomic E-state index is 13.5. The van der Waals surface area contributed by atoms with E-state index in [2.05, 4.69) is 20.1 Å². The van der Waals surface area contributed by atoms with Crippen molar-refractivity contribution in [3.8, 4) is 34.0 Å². The third-order valence-electron chi connectivity index (χ3n) is 5.16. The molecule has 0 aliphatic carbocycles. The number of hydrogen-bond donors (Lipinski definition) is 0. The monoisotopic (exact) mass is 449 g/mol. The first-order valence-corrected chi connectivity index (χ1v) is 10.4. The number of aromatic nitrogens is 5. The molecular weight excluding hydrogens is 431 g/mol. The molecule has 0 atom stereocenters. The van der Waals surface area contributed by atoms with Crippen molar-refractivity contribution in [2.75, 3.05) is 0 Å². The van der Waals surface area contributed by atoms with Crippen molar-refractivity contribution < 1.29 is 17.6 Å². The highest BCUT2D eigenvalue weighted by atomic mass is 19.3. The molecule has 0 radical (unpaired) electrons. The number of oxazole rings is 1. The largest absolute Gasteiger partial charge is 0.418 e. The molecule has 0 fully saturated rings. The van der Waals surface area contributed by atoms with Gasteiger partial charge in [0.05, 0.1) is 0 Å². The second-order valence-electron chi connectivity index (χ2n) is 7.46. The van der Waals surface area contributed by atoms with Crippen LogP contribution in [0.15, 0.2) is 71.5 Å². The summed E-state index contributed by atoms with van der Waals surface area (Å²) in [6.07, 6.45) is 0.790. The first-order valence-electron chi connectivity index (χ1n) is 10.4. The van der Waals surface area contributed by atoms with Gasteiger partial charge in [-0.3, -0.25) is 4.68 Å². The van der Waals surface area contributed by atoms with Crippen molar-refractivity contribution in [2.24, 2.45) is 0 Å². The number of hydrogen-bond acceptors (Lipinski definition) is 5. The Bertz CT molecular complexity index is 1380. The van der Waals surface area contributed by atoms with Crippen LogP contribution < -0.4 is 0 Å². The SMILES string of the molecule is Fc1ccc(-c2nn(CCCC(F)F)cc2-c2ncnc3oc(-c4ccccc4)nc23)cc1. The third kappa shape index (κ3) is 4.34. The molecule has 3 aromatic heterocycles. The van der Waals surface area contributed by atoms with Gasteiger partial charge in [-0.2, -0.15) is 10.1 Å². The lowest BCUT2D eigenvalue weighted by Gasteiger charge is -2.02. The molecule has 0 saturated heterocycles. The van der Waals surface area contributed by atoms with Crippen molar-refractivity contribution in [2.45, 2.75) is 25.8 Å². The molecule has 0 N–H and O–H groups in total. The zero-order valence-corrected chi connectivity index (χ0v) is 17.3. The van der Waals surface area contributed by atoms with Crippen LogP contribution in [0.3, 0.4) is 0 Å². The molecule has 0 unspecified atom stereocenters. The molecule has 9 heteroatoms. The lowest BCUT2D eigenvalue weighted by Crippen LogP contribution is -2.01. The van der Waals surface area contributed by atoms with E-state index in [1.807, 2.05) is 30.3 Å². The van der Waals surface area contributed by atoms with Crippen LogP contribution in [-0.4, -0.2) is 31.2 Å². The zero-order chi connectivity index (χ0) is 22.8. The van der Waals surface area contributed by atoms with E-state index in [0.29, 0.717) is 46.2 Å². The van der Waals surface area contributed by atoms with Crippen LogP contribution in [0, 0.1) is 5.82 Å². The van der Waals surface area contributed by atoms with Crippen molar-refractivity contribution >= 4 is 11.2 Å². The van der Waals surface area contributed by atoms with Crippen LogP contribution in [-0.2, 0) is 6.54 Å². The summed E-state index contributed by atoms with van der Waals surface area (Å²) in [6.45, 7) is 0.306. The Morgan fingerprint density at radius 1 is 0.909 bits per heavy atom. The molecule has 0 bridgehead atoms. The van der Waals surface area contributed by atoms with E-state index in [1.54, 1.807) is 23.0 Å². The van der Waals surface area contributed by atoms with Crippen LogP contribution in [0.4, 0.5) is 13.2 Å². The van der Waals surface area contributed by atoms with Gasteiger partial charge >= 0.3 is 0 Å².